The summed E-state index contributed by atoms with van der Waals surface area (Å²) >= 11 is 0. The second-order valence-electron chi connectivity index (χ2n) is 4.19. The molecule has 5 heteroatoms. The number of aromatic nitrogens is 3. The number of hydrogen-bond donors (Lipinski definition) is 2. The van der Waals surface area contributed by atoms with Crippen LogP contribution in [0.15, 0.2) is 0 Å². The van der Waals surface area contributed by atoms with Crippen LogP contribution in [0.3, 0.4) is 0 Å². The van der Waals surface area contributed by atoms with Crippen molar-refractivity contribution in [2.45, 2.75) is 39.5 Å². The Hall–Kier alpha value is -1.39. The van der Waals surface area contributed by atoms with Crippen molar-refractivity contribution in [1.82, 2.24) is 15.2 Å². The molecule has 1 unspecified atom stereocenters. The minimum Gasteiger partial charge on any atom is -0.481 e. The Bertz CT molecular complexity index is 346. The first-order chi connectivity index (χ1) is 6.93. The first kappa shape index (κ1) is 11.7. The molecule has 0 saturated heterocycles. The summed E-state index contributed by atoms with van der Waals surface area (Å²) in [4.78, 5) is 13.7. The van der Waals surface area contributed by atoms with E-state index in [2.05, 4.69) is 29.0 Å². The van der Waals surface area contributed by atoms with E-state index in [9.17, 15) is 4.79 Å². The van der Waals surface area contributed by atoms with E-state index >= 15 is 0 Å². The van der Waals surface area contributed by atoms with E-state index in [0.29, 0.717) is 11.7 Å². The van der Waals surface area contributed by atoms with Crippen molar-refractivity contribution in [3.05, 3.63) is 11.6 Å². The van der Waals surface area contributed by atoms with Gasteiger partial charge in [0, 0.05) is 5.92 Å². The first-order valence-corrected chi connectivity index (χ1v) is 5.08. The SMILES string of the molecule is CC(C(=O)O)c1nnc([C@@H](C)C(C)C)[nH]1. The molecule has 0 fully saturated rings. The molecule has 0 amide bonds. The fourth-order valence-corrected chi connectivity index (χ4v) is 1.12. The number of carboxylic acids is 1. The molecule has 0 bridgehead atoms. The van der Waals surface area contributed by atoms with Crippen molar-refractivity contribution in [3.8, 4) is 0 Å². The minimum absolute atomic E-state index is 0.257. The zero-order valence-electron chi connectivity index (χ0n) is 9.48. The Balaban J connectivity index is 2.85. The monoisotopic (exact) mass is 211 g/mol. The molecule has 1 aromatic heterocycles. The van der Waals surface area contributed by atoms with Crippen LogP contribution >= 0.6 is 0 Å². The van der Waals surface area contributed by atoms with E-state index in [1.165, 1.54) is 0 Å². The van der Waals surface area contributed by atoms with Crippen LogP contribution in [-0.2, 0) is 4.79 Å². The highest BCUT2D eigenvalue weighted by Crippen LogP contribution is 2.21. The Morgan fingerprint density at radius 3 is 2.20 bits per heavy atom. The number of aliphatic carboxylic acids is 1. The third-order valence-corrected chi connectivity index (χ3v) is 2.73. The van der Waals surface area contributed by atoms with E-state index in [4.69, 9.17) is 5.11 Å². The molecule has 0 aliphatic heterocycles. The largest absolute Gasteiger partial charge is 0.481 e. The molecule has 0 aliphatic rings. The second-order valence-corrected chi connectivity index (χ2v) is 4.19. The smallest absolute Gasteiger partial charge is 0.313 e. The summed E-state index contributed by atoms with van der Waals surface area (Å²) < 4.78 is 0. The summed E-state index contributed by atoms with van der Waals surface area (Å²) in [5.41, 5.74) is 0. The summed E-state index contributed by atoms with van der Waals surface area (Å²) in [7, 11) is 0. The Labute approximate surface area is 88.9 Å². The van der Waals surface area contributed by atoms with Gasteiger partial charge in [-0.3, -0.25) is 4.79 Å². The lowest BCUT2D eigenvalue weighted by atomic mass is 9.98. The molecule has 0 saturated carbocycles. The maximum atomic E-state index is 10.7. The summed E-state index contributed by atoms with van der Waals surface area (Å²) in [6.07, 6.45) is 0. The van der Waals surface area contributed by atoms with Gasteiger partial charge in [0.25, 0.3) is 0 Å². The van der Waals surface area contributed by atoms with E-state index in [0.717, 1.165) is 5.82 Å². The Morgan fingerprint density at radius 2 is 1.73 bits per heavy atom. The average Bonchev–Trinajstić information content (AvgIpc) is 2.63. The molecule has 1 rings (SSSR count). The van der Waals surface area contributed by atoms with Crippen molar-refractivity contribution >= 4 is 5.97 Å². The summed E-state index contributed by atoms with van der Waals surface area (Å²) in [5, 5.41) is 16.6. The lowest BCUT2D eigenvalue weighted by Crippen LogP contribution is -2.09. The topological polar surface area (TPSA) is 78.9 Å². The van der Waals surface area contributed by atoms with Crippen LogP contribution in [0, 0.1) is 5.92 Å². The van der Waals surface area contributed by atoms with E-state index in [1.54, 1.807) is 6.92 Å². The normalized spacial score (nSPS) is 15.3. The van der Waals surface area contributed by atoms with Crippen LogP contribution in [-0.4, -0.2) is 26.3 Å². The molecular formula is C10H17N3O2. The highest BCUT2D eigenvalue weighted by Gasteiger charge is 2.20. The molecule has 15 heavy (non-hydrogen) atoms. The van der Waals surface area contributed by atoms with E-state index in [-0.39, 0.29) is 5.92 Å². The maximum absolute atomic E-state index is 10.7. The van der Waals surface area contributed by atoms with Gasteiger partial charge in [0.1, 0.15) is 17.6 Å². The van der Waals surface area contributed by atoms with Crippen molar-refractivity contribution in [2.75, 3.05) is 0 Å². The molecule has 1 aromatic rings. The van der Waals surface area contributed by atoms with Gasteiger partial charge < -0.3 is 10.1 Å². The maximum Gasteiger partial charge on any atom is 0.313 e. The quantitative estimate of drug-likeness (QED) is 0.795. The molecule has 0 spiro atoms. The minimum atomic E-state index is -0.894. The van der Waals surface area contributed by atoms with Gasteiger partial charge in [-0.2, -0.15) is 0 Å². The van der Waals surface area contributed by atoms with Crippen LogP contribution in [0.25, 0.3) is 0 Å². The number of rotatable bonds is 4. The van der Waals surface area contributed by atoms with Crippen LogP contribution in [0.5, 0.6) is 0 Å². The zero-order chi connectivity index (χ0) is 11.6. The summed E-state index contributed by atoms with van der Waals surface area (Å²) in [6.45, 7) is 7.81. The summed E-state index contributed by atoms with van der Waals surface area (Å²) in [6, 6.07) is 0. The van der Waals surface area contributed by atoms with Gasteiger partial charge in [-0.15, -0.1) is 10.2 Å². The number of nitrogens with one attached hydrogen (secondary N) is 1. The number of hydrogen-bond acceptors (Lipinski definition) is 3. The number of carboxylic acid groups (broad SMARTS) is 1. The lowest BCUT2D eigenvalue weighted by Gasteiger charge is -2.11. The molecule has 2 atom stereocenters. The van der Waals surface area contributed by atoms with Crippen molar-refractivity contribution in [1.29, 1.82) is 0 Å². The van der Waals surface area contributed by atoms with Gasteiger partial charge in [-0.25, -0.2) is 0 Å². The van der Waals surface area contributed by atoms with Crippen LogP contribution < -0.4 is 0 Å². The van der Waals surface area contributed by atoms with Gasteiger partial charge in [0.05, 0.1) is 0 Å². The van der Waals surface area contributed by atoms with Crippen LogP contribution in [0.4, 0.5) is 0 Å². The van der Waals surface area contributed by atoms with Crippen molar-refractivity contribution < 1.29 is 9.90 Å². The van der Waals surface area contributed by atoms with Crippen molar-refractivity contribution in [2.24, 2.45) is 5.92 Å². The molecule has 1 heterocycles. The number of aromatic amines is 1. The third kappa shape index (κ3) is 2.55. The molecule has 0 aromatic carbocycles. The average molecular weight is 211 g/mol. The summed E-state index contributed by atoms with van der Waals surface area (Å²) in [5.74, 6) is 0.358. The highest BCUT2D eigenvalue weighted by atomic mass is 16.4. The predicted octanol–water partition coefficient (Wildman–Crippen LogP) is 1.75. The van der Waals surface area contributed by atoms with Gasteiger partial charge in [-0.1, -0.05) is 20.8 Å². The Kier molecular flexibility index (Phi) is 3.44. The fraction of sp³-hybridized carbons (Fsp3) is 0.700. The molecule has 2 N–H and O–H groups in total. The first-order valence-electron chi connectivity index (χ1n) is 5.08. The Morgan fingerprint density at radius 1 is 1.20 bits per heavy atom. The van der Waals surface area contributed by atoms with Gasteiger partial charge in [0.15, 0.2) is 0 Å². The number of nitrogens with zero attached hydrogens (tertiary/aromatic N) is 2. The molecule has 84 valence electrons. The molecular weight excluding hydrogens is 194 g/mol. The molecule has 5 nitrogen and oxygen atoms in total. The predicted molar refractivity (Wildman–Crippen MR) is 55.7 cm³/mol. The van der Waals surface area contributed by atoms with Crippen molar-refractivity contribution in [3.63, 3.8) is 0 Å². The third-order valence-electron chi connectivity index (χ3n) is 2.73. The van der Waals surface area contributed by atoms with E-state index < -0.39 is 11.9 Å². The highest BCUT2D eigenvalue weighted by molar-refractivity contribution is 5.74. The second kappa shape index (κ2) is 4.42. The van der Waals surface area contributed by atoms with Gasteiger partial charge in [-0.05, 0) is 12.8 Å². The van der Waals surface area contributed by atoms with Gasteiger partial charge >= 0.3 is 5.97 Å². The van der Waals surface area contributed by atoms with Gasteiger partial charge in [0.2, 0.25) is 0 Å². The van der Waals surface area contributed by atoms with Crippen LogP contribution in [0.1, 0.15) is 51.2 Å². The number of H-pyrrole nitrogens is 1. The lowest BCUT2D eigenvalue weighted by molar-refractivity contribution is -0.138. The van der Waals surface area contributed by atoms with Crippen LogP contribution in [0.2, 0.25) is 0 Å². The molecule has 0 aliphatic carbocycles. The fourth-order valence-electron chi connectivity index (χ4n) is 1.12. The number of carbonyl (C=O) groups is 1. The standard InChI is InChI=1S/C10H17N3O2/c1-5(2)6(3)8-11-9(13-12-8)7(4)10(14)15/h5-7H,1-4H3,(H,14,15)(H,11,12,13)/t6-,7?/m0/s1. The zero-order valence-corrected chi connectivity index (χ0v) is 9.48. The van der Waals surface area contributed by atoms with E-state index in [1.807, 2.05) is 6.92 Å². The molecule has 0 radical (unpaired) electrons.